The molecule has 1 aliphatic rings. The maximum Gasteiger partial charge on any atom is 0.408 e. The number of alkyl carbamates (subject to hydrolysis) is 1. The van der Waals surface area contributed by atoms with Crippen LogP contribution in [0.25, 0.3) is 0 Å². The van der Waals surface area contributed by atoms with E-state index in [9.17, 15) is 63.3 Å². The summed E-state index contributed by atoms with van der Waals surface area (Å²) in [6.45, 7) is -0.493. The normalized spacial score (nSPS) is 15.0. The van der Waals surface area contributed by atoms with Crippen molar-refractivity contribution in [1.82, 2.24) is 37.2 Å². The van der Waals surface area contributed by atoms with Crippen molar-refractivity contribution in [1.29, 1.82) is 0 Å². The molecule has 1 saturated carbocycles. The lowest BCUT2D eigenvalue weighted by Gasteiger charge is -2.29. The summed E-state index contributed by atoms with van der Waals surface area (Å²) in [6, 6.07) is 5.62. The predicted octanol–water partition coefficient (Wildman–Crippen LogP) is -1.81. The first-order valence-corrected chi connectivity index (χ1v) is 20.7. The van der Waals surface area contributed by atoms with Crippen molar-refractivity contribution in [3.8, 4) is 5.75 Å². The second-order valence-corrected chi connectivity index (χ2v) is 15.3. The highest BCUT2D eigenvalue weighted by Gasteiger charge is 2.37. The van der Waals surface area contributed by atoms with Crippen LogP contribution in [0.3, 0.4) is 0 Å². The van der Waals surface area contributed by atoms with Crippen molar-refractivity contribution < 1.29 is 73.1 Å². The summed E-state index contributed by atoms with van der Waals surface area (Å²) in [5.41, 5.74) is 6.56. The molecule has 0 heterocycles. The summed E-state index contributed by atoms with van der Waals surface area (Å²) in [7, 11) is 0. The van der Waals surface area contributed by atoms with Gasteiger partial charge < -0.3 is 68.1 Å². The van der Waals surface area contributed by atoms with E-state index in [-0.39, 0.29) is 25.2 Å². The van der Waals surface area contributed by atoms with Crippen LogP contribution in [0.5, 0.6) is 5.75 Å². The number of nitrogens with one attached hydrogen (secondary N) is 7. The number of benzene rings is 2. The van der Waals surface area contributed by atoms with Crippen LogP contribution >= 0.6 is 0 Å². The summed E-state index contributed by atoms with van der Waals surface area (Å²) in [6.07, 6.45) is -0.837. The van der Waals surface area contributed by atoms with Crippen molar-refractivity contribution in [3.05, 3.63) is 65.7 Å². The lowest BCUT2D eigenvalue weighted by molar-refractivity contribution is -0.139. The average Bonchev–Trinajstić information content (AvgIpc) is 3.81. The maximum absolute atomic E-state index is 14.0. The Balaban J connectivity index is 1.70. The number of ether oxygens (including phenoxy) is 1. The number of aromatic hydroxyl groups is 1. The molecular weight excluding hydrogens is 857 g/mol. The number of carbonyl (C=O) groups is 10. The quantitative estimate of drug-likeness (QED) is 0.0495. The number of hydrogen-bond donors (Lipinski definition) is 12. The van der Waals surface area contributed by atoms with E-state index >= 15 is 0 Å². The van der Waals surface area contributed by atoms with E-state index in [2.05, 4.69) is 37.2 Å². The Hall–Kier alpha value is -7.30. The van der Waals surface area contributed by atoms with Gasteiger partial charge in [0.05, 0.1) is 13.2 Å². The molecule has 1 fully saturated rings. The fourth-order valence-electron chi connectivity index (χ4n) is 6.68. The van der Waals surface area contributed by atoms with E-state index in [1.807, 2.05) is 0 Å². The van der Waals surface area contributed by atoms with Gasteiger partial charge in [0.15, 0.2) is 0 Å². The van der Waals surface area contributed by atoms with E-state index in [1.165, 1.54) is 31.2 Å². The number of nitrogens with two attached hydrogens (primary N) is 1. The molecule has 13 N–H and O–H groups in total. The number of hydrogen-bond acceptors (Lipinski definition) is 13. The Morgan fingerprint density at radius 2 is 1.22 bits per heavy atom. The second kappa shape index (κ2) is 26.4. The standard InChI is InChI=1S/C42H56N8O15/c1-23(45-42(64)65-22-25-7-3-2-4-8-25)37(59)44-20-32(53)46-29(16-18-34(56)57)38(60)49-31(21-51)40(62)50-35(26-9-5-6-10-26)41(63)48-30(19-24-11-13-27(52)14-12-24)39(61)47-28(36(43)58)15-17-33(54)55/h2-4,7-8,11-14,23,26,28-31,35,51-52H,5-6,9-10,15-22H2,1H3,(H2,43,58)(H,44,59)(H,45,64)(H,46,53)(H,47,61)(H,48,63)(H,49,60)(H,50,62)(H,54,55)(H,56,57)/t23-,28-,29-,30-,31-,35-/m0/s1. The number of carboxylic acid groups (broad SMARTS) is 2. The van der Waals surface area contributed by atoms with Gasteiger partial charge in [-0.15, -0.1) is 0 Å². The zero-order valence-corrected chi connectivity index (χ0v) is 35.6. The number of amides is 8. The smallest absolute Gasteiger partial charge is 0.408 e. The Labute approximate surface area is 373 Å². The van der Waals surface area contributed by atoms with Gasteiger partial charge in [0.1, 0.15) is 48.6 Å². The monoisotopic (exact) mass is 912 g/mol. The first-order valence-electron chi connectivity index (χ1n) is 20.7. The average molecular weight is 913 g/mol. The number of aliphatic hydroxyl groups is 1. The highest BCUT2D eigenvalue weighted by Crippen LogP contribution is 2.28. The van der Waals surface area contributed by atoms with Crippen LogP contribution < -0.4 is 43.0 Å². The van der Waals surface area contributed by atoms with E-state index in [4.69, 9.17) is 15.6 Å². The molecule has 6 atom stereocenters. The minimum Gasteiger partial charge on any atom is -0.508 e. The Morgan fingerprint density at radius 1 is 0.662 bits per heavy atom. The van der Waals surface area contributed by atoms with Crippen molar-refractivity contribution in [2.75, 3.05) is 13.2 Å². The van der Waals surface area contributed by atoms with Gasteiger partial charge in [-0.2, -0.15) is 0 Å². The van der Waals surface area contributed by atoms with Crippen LogP contribution in [0.4, 0.5) is 4.79 Å². The first kappa shape index (κ1) is 52.0. The van der Waals surface area contributed by atoms with Gasteiger partial charge in [0, 0.05) is 19.3 Å². The topological polar surface area (TPSA) is 371 Å². The Kier molecular flexibility index (Phi) is 21.1. The molecule has 23 nitrogen and oxygen atoms in total. The molecule has 2 aromatic rings. The molecule has 0 saturated heterocycles. The lowest BCUT2D eigenvalue weighted by atomic mass is 9.95. The minimum atomic E-state index is -1.75. The molecule has 8 amide bonds. The zero-order valence-electron chi connectivity index (χ0n) is 35.6. The molecule has 65 heavy (non-hydrogen) atoms. The molecule has 3 rings (SSSR count). The van der Waals surface area contributed by atoms with Crippen molar-refractivity contribution >= 4 is 59.4 Å². The third-order valence-corrected chi connectivity index (χ3v) is 10.2. The molecule has 0 spiro atoms. The molecule has 0 unspecified atom stereocenters. The SMILES string of the molecule is C[C@H](NC(=O)OCc1ccccc1)C(=O)NCC(=O)N[C@@H](CCC(=O)O)C(=O)N[C@@H](CO)C(=O)N[C@H](C(=O)N[C@@H](Cc1ccc(O)cc1)C(=O)N[C@@H](CCC(=O)O)C(N)=O)C1CCCC1. The molecule has 1 aliphatic carbocycles. The van der Waals surface area contributed by atoms with Gasteiger partial charge in [-0.05, 0) is 61.8 Å². The van der Waals surface area contributed by atoms with Crippen LogP contribution in [0.1, 0.15) is 69.4 Å². The molecule has 0 radical (unpaired) electrons. The maximum atomic E-state index is 14.0. The van der Waals surface area contributed by atoms with Crippen LogP contribution in [0, 0.1) is 5.92 Å². The third-order valence-electron chi connectivity index (χ3n) is 10.2. The van der Waals surface area contributed by atoms with Gasteiger partial charge in [0.25, 0.3) is 0 Å². The fourth-order valence-corrected chi connectivity index (χ4v) is 6.68. The fraction of sp³-hybridized carbons (Fsp3) is 0.476. The Bertz CT molecular complexity index is 2000. The lowest BCUT2D eigenvalue weighted by Crippen LogP contribution is -2.61. The van der Waals surface area contributed by atoms with Crippen LogP contribution in [0.15, 0.2) is 54.6 Å². The van der Waals surface area contributed by atoms with Crippen LogP contribution in [-0.2, 0) is 60.9 Å². The van der Waals surface area contributed by atoms with E-state index in [0.29, 0.717) is 36.8 Å². The summed E-state index contributed by atoms with van der Waals surface area (Å²) in [5, 5.41) is 54.9. The molecular formula is C42H56N8O15. The number of phenols is 1. The zero-order chi connectivity index (χ0) is 48.1. The van der Waals surface area contributed by atoms with Crippen molar-refractivity contribution in [3.63, 3.8) is 0 Å². The highest BCUT2D eigenvalue weighted by molar-refractivity contribution is 5.97. The number of primary amides is 1. The number of carboxylic acids is 2. The van der Waals surface area contributed by atoms with Gasteiger partial charge in [0.2, 0.25) is 41.4 Å². The van der Waals surface area contributed by atoms with Gasteiger partial charge in [-0.25, -0.2) is 4.79 Å². The minimum absolute atomic E-state index is 0.0665. The van der Waals surface area contributed by atoms with Crippen LogP contribution in [0.2, 0.25) is 0 Å². The summed E-state index contributed by atoms with van der Waals surface area (Å²) in [4.78, 5) is 127. The highest BCUT2D eigenvalue weighted by atomic mass is 16.5. The molecule has 0 aliphatic heterocycles. The number of aliphatic hydroxyl groups excluding tert-OH is 1. The number of rotatable bonds is 26. The van der Waals surface area contributed by atoms with Gasteiger partial charge in [-0.3, -0.25) is 43.2 Å². The molecule has 354 valence electrons. The van der Waals surface area contributed by atoms with Crippen LogP contribution in [-0.4, -0.2) is 129 Å². The number of aliphatic carboxylic acids is 2. The molecule has 2 aromatic carbocycles. The molecule has 0 bridgehead atoms. The summed E-state index contributed by atoms with van der Waals surface area (Å²) >= 11 is 0. The second-order valence-electron chi connectivity index (χ2n) is 15.3. The van der Waals surface area contributed by atoms with Gasteiger partial charge >= 0.3 is 18.0 Å². The van der Waals surface area contributed by atoms with E-state index < -0.39 is 134 Å². The van der Waals surface area contributed by atoms with E-state index in [1.54, 1.807) is 30.3 Å². The summed E-state index contributed by atoms with van der Waals surface area (Å²) in [5.74, 6) is -9.91. The number of phenolic OH excluding ortho intramolecular Hbond substituents is 1. The predicted molar refractivity (Wildman–Crippen MR) is 226 cm³/mol. The van der Waals surface area contributed by atoms with E-state index in [0.717, 1.165) is 0 Å². The van der Waals surface area contributed by atoms with Crippen molar-refractivity contribution in [2.24, 2.45) is 11.7 Å². The van der Waals surface area contributed by atoms with Gasteiger partial charge in [-0.1, -0.05) is 55.3 Å². The molecule has 23 heteroatoms. The third kappa shape index (κ3) is 18.5. The summed E-state index contributed by atoms with van der Waals surface area (Å²) < 4.78 is 5.08. The Morgan fingerprint density at radius 3 is 1.80 bits per heavy atom. The first-order chi connectivity index (χ1) is 30.9. The largest absolute Gasteiger partial charge is 0.508 e. The number of carbonyl (C=O) groups excluding carboxylic acids is 8. The molecule has 0 aromatic heterocycles. The van der Waals surface area contributed by atoms with Crippen molar-refractivity contribution in [2.45, 2.75) is 108 Å².